The lowest BCUT2D eigenvalue weighted by Gasteiger charge is -2.14. The zero-order chi connectivity index (χ0) is 22.0. The van der Waals surface area contributed by atoms with Gasteiger partial charge in [-0.1, -0.05) is 6.07 Å². The Balaban J connectivity index is 1.29. The van der Waals surface area contributed by atoms with Crippen LogP contribution >= 0.6 is 0 Å². The number of halogens is 3. The third-order valence-corrected chi connectivity index (χ3v) is 5.30. The van der Waals surface area contributed by atoms with Crippen LogP contribution in [0.1, 0.15) is 39.6 Å². The second-order valence-corrected chi connectivity index (χ2v) is 7.58. The fourth-order valence-electron chi connectivity index (χ4n) is 3.66. The second-order valence-electron chi connectivity index (χ2n) is 7.58. The van der Waals surface area contributed by atoms with E-state index in [0.29, 0.717) is 25.1 Å². The van der Waals surface area contributed by atoms with Gasteiger partial charge >= 0.3 is 6.18 Å². The fourth-order valence-corrected chi connectivity index (χ4v) is 3.66. The summed E-state index contributed by atoms with van der Waals surface area (Å²) in [5.41, 5.74) is 1.53. The molecular weight excluding hydrogens is 411 g/mol. The maximum atomic E-state index is 12.8. The van der Waals surface area contributed by atoms with Crippen LogP contribution in [0.5, 0.6) is 5.75 Å². The van der Waals surface area contributed by atoms with Crippen LogP contribution in [-0.4, -0.2) is 50.5 Å². The number of benzene rings is 1. The summed E-state index contributed by atoms with van der Waals surface area (Å²) in [4.78, 5) is 14.4. The number of hydrogen-bond acceptors (Lipinski definition) is 4. The molecule has 0 aliphatic carbocycles. The van der Waals surface area contributed by atoms with Crippen molar-refractivity contribution in [2.45, 2.75) is 24.9 Å². The molecular formula is C21H22F3N5O2. The van der Waals surface area contributed by atoms with E-state index in [9.17, 15) is 18.0 Å². The van der Waals surface area contributed by atoms with Gasteiger partial charge in [-0.05, 0) is 30.7 Å². The standard InChI is InChI=1S/C21H22F3N5O2/c1-28-12-15(11-25-28)20(30)29-7-5-14(13-29)19-10-17(26-27-19)6-8-31-18-4-2-3-16(9-18)21(22,23)24/h2-4,9-12,14H,5-8,13H2,1H3,(H,26,27)/t14-/m1/s1. The molecule has 31 heavy (non-hydrogen) atoms. The average Bonchev–Trinajstić information content (AvgIpc) is 3.47. The highest BCUT2D eigenvalue weighted by molar-refractivity contribution is 5.94. The number of carbonyl (C=O) groups excluding carboxylic acids is 1. The number of rotatable bonds is 6. The molecule has 2 aromatic heterocycles. The minimum atomic E-state index is -4.40. The molecule has 0 unspecified atom stereocenters. The highest BCUT2D eigenvalue weighted by atomic mass is 19.4. The monoisotopic (exact) mass is 433 g/mol. The average molecular weight is 433 g/mol. The molecule has 1 saturated heterocycles. The van der Waals surface area contributed by atoms with Crippen LogP contribution < -0.4 is 4.74 Å². The van der Waals surface area contributed by atoms with Crippen molar-refractivity contribution in [2.75, 3.05) is 19.7 Å². The molecule has 0 spiro atoms. The van der Waals surface area contributed by atoms with Crippen LogP contribution in [0, 0.1) is 0 Å². The molecule has 7 nitrogen and oxygen atoms in total. The van der Waals surface area contributed by atoms with Crippen molar-refractivity contribution in [3.05, 3.63) is 65.2 Å². The predicted molar refractivity (Wildman–Crippen MR) is 106 cm³/mol. The minimum Gasteiger partial charge on any atom is -0.493 e. The Morgan fingerprint density at radius 3 is 2.90 bits per heavy atom. The first-order chi connectivity index (χ1) is 14.8. The number of ether oxygens (including phenoxy) is 1. The molecule has 3 aromatic rings. The molecule has 3 heterocycles. The van der Waals surface area contributed by atoms with Crippen molar-refractivity contribution < 1.29 is 22.7 Å². The zero-order valence-corrected chi connectivity index (χ0v) is 16.9. The molecule has 1 N–H and O–H groups in total. The van der Waals surface area contributed by atoms with Crippen molar-refractivity contribution in [1.82, 2.24) is 24.9 Å². The van der Waals surface area contributed by atoms with Crippen molar-refractivity contribution in [1.29, 1.82) is 0 Å². The van der Waals surface area contributed by atoms with E-state index in [1.807, 2.05) is 6.07 Å². The van der Waals surface area contributed by atoms with Crippen molar-refractivity contribution in [3.8, 4) is 5.75 Å². The number of hydrogen-bond donors (Lipinski definition) is 1. The van der Waals surface area contributed by atoms with Crippen LogP contribution in [-0.2, 0) is 19.6 Å². The third kappa shape index (κ3) is 4.89. The van der Waals surface area contributed by atoms with Crippen molar-refractivity contribution >= 4 is 5.91 Å². The molecule has 164 valence electrons. The largest absolute Gasteiger partial charge is 0.493 e. The summed E-state index contributed by atoms with van der Waals surface area (Å²) in [7, 11) is 1.77. The van der Waals surface area contributed by atoms with Crippen LogP contribution in [0.4, 0.5) is 13.2 Å². The van der Waals surface area contributed by atoms with E-state index in [2.05, 4.69) is 15.3 Å². The molecule has 0 radical (unpaired) electrons. The Morgan fingerprint density at radius 2 is 2.16 bits per heavy atom. The molecule has 10 heteroatoms. The van der Waals surface area contributed by atoms with E-state index in [1.54, 1.807) is 29.0 Å². The Labute approximate surface area is 176 Å². The zero-order valence-electron chi connectivity index (χ0n) is 16.9. The normalized spacial score (nSPS) is 16.6. The number of H-pyrrole nitrogens is 1. The first-order valence-corrected chi connectivity index (χ1v) is 9.92. The fraction of sp³-hybridized carbons (Fsp3) is 0.381. The van der Waals surface area contributed by atoms with Gasteiger partial charge in [0.15, 0.2) is 0 Å². The summed E-state index contributed by atoms with van der Waals surface area (Å²) in [5, 5.41) is 11.4. The summed E-state index contributed by atoms with van der Waals surface area (Å²) in [6, 6.07) is 6.76. The molecule has 1 amide bonds. The number of amides is 1. The number of alkyl halides is 3. The maximum Gasteiger partial charge on any atom is 0.416 e. The van der Waals surface area contributed by atoms with Gasteiger partial charge in [0.25, 0.3) is 5.91 Å². The lowest BCUT2D eigenvalue weighted by atomic mass is 10.0. The molecule has 1 atom stereocenters. The molecule has 0 saturated carbocycles. The number of nitrogens with zero attached hydrogens (tertiary/aromatic N) is 4. The quantitative estimate of drug-likeness (QED) is 0.647. The van der Waals surface area contributed by atoms with E-state index >= 15 is 0 Å². The van der Waals surface area contributed by atoms with E-state index < -0.39 is 11.7 Å². The van der Waals surface area contributed by atoms with Crippen LogP contribution in [0.2, 0.25) is 0 Å². The smallest absolute Gasteiger partial charge is 0.416 e. The SMILES string of the molecule is Cn1cc(C(=O)N2CC[C@@H](c3cc(CCOc4cccc(C(F)(F)F)c4)[nH]n3)C2)cn1. The Bertz CT molecular complexity index is 1060. The van der Waals surface area contributed by atoms with Gasteiger partial charge in [0.1, 0.15) is 5.75 Å². The molecule has 4 rings (SSSR count). The van der Waals surface area contributed by atoms with Gasteiger partial charge in [-0.3, -0.25) is 14.6 Å². The number of carbonyl (C=O) groups is 1. The third-order valence-electron chi connectivity index (χ3n) is 5.30. The minimum absolute atomic E-state index is 0.0409. The summed E-state index contributed by atoms with van der Waals surface area (Å²) in [5.74, 6) is 0.269. The van der Waals surface area contributed by atoms with Gasteiger partial charge in [-0.25, -0.2) is 0 Å². The first-order valence-electron chi connectivity index (χ1n) is 9.92. The lowest BCUT2D eigenvalue weighted by molar-refractivity contribution is -0.137. The van der Waals surface area contributed by atoms with Gasteiger partial charge in [0.05, 0.1) is 29.6 Å². The van der Waals surface area contributed by atoms with E-state index in [4.69, 9.17) is 4.74 Å². The molecule has 1 aromatic carbocycles. The highest BCUT2D eigenvalue weighted by Gasteiger charge is 2.31. The van der Waals surface area contributed by atoms with Gasteiger partial charge in [-0.15, -0.1) is 0 Å². The van der Waals surface area contributed by atoms with E-state index in [1.165, 1.54) is 12.1 Å². The Hall–Kier alpha value is -3.30. The topological polar surface area (TPSA) is 76.0 Å². The Kier molecular flexibility index (Phi) is 5.71. The number of likely N-dealkylation sites (tertiary alicyclic amines) is 1. The number of aromatic amines is 1. The number of aryl methyl sites for hydroxylation is 1. The summed E-state index contributed by atoms with van der Waals surface area (Å²) in [6.07, 6.45) is 0.163. The number of nitrogens with one attached hydrogen (secondary N) is 1. The highest BCUT2D eigenvalue weighted by Crippen LogP contribution is 2.31. The molecule has 1 fully saturated rings. The summed E-state index contributed by atoms with van der Waals surface area (Å²) < 4.78 is 45.4. The summed E-state index contributed by atoms with van der Waals surface area (Å²) in [6.45, 7) is 1.46. The summed E-state index contributed by atoms with van der Waals surface area (Å²) >= 11 is 0. The Morgan fingerprint density at radius 1 is 1.32 bits per heavy atom. The van der Waals surface area contributed by atoms with Crippen LogP contribution in [0.15, 0.2) is 42.7 Å². The van der Waals surface area contributed by atoms with Gasteiger partial charge < -0.3 is 9.64 Å². The maximum absolute atomic E-state index is 12.8. The predicted octanol–water partition coefficient (Wildman–Crippen LogP) is 3.41. The van der Waals surface area contributed by atoms with E-state index in [0.717, 1.165) is 29.9 Å². The lowest BCUT2D eigenvalue weighted by Crippen LogP contribution is -2.28. The molecule has 1 aliphatic rings. The molecule has 0 bridgehead atoms. The van der Waals surface area contributed by atoms with Gasteiger partial charge in [0, 0.05) is 44.4 Å². The molecule has 1 aliphatic heterocycles. The van der Waals surface area contributed by atoms with Crippen LogP contribution in [0.25, 0.3) is 0 Å². The van der Waals surface area contributed by atoms with Gasteiger partial charge in [-0.2, -0.15) is 23.4 Å². The van der Waals surface area contributed by atoms with E-state index in [-0.39, 0.29) is 24.2 Å². The van der Waals surface area contributed by atoms with Crippen LogP contribution in [0.3, 0.4) is 0 Å². The van der Waals surface area contributed by atoms with Crippen molar-refractivity contribution in [3.63, 3.8) is 0 Å². The number of aromatic nitrogens is 4. The second kappa shape index (κ2) is 8.44. The van der Waals surface area contributed by atoms with Gasteiger partial charge in [0.2, 0.25) is 0 Å². The van der Waals surface area contributed by atoms with Crippen molar-refractivity contribution in [2.24, 2.45) is 7.05 Å². The first kappa shape index (κ1) is 21.0.